The maximum Gasteiger partial charge on any atom is 0.223 e. The van der Waals surface area contributed by atoms with E-state index in [9.17, 15) is 9.90 Å². The molecule has 0 unspecified atom stereocenters. The van der Waals surface area contributed by atoms with E-state index in [1.165, 1.54) is 16.7 Å². The summed E-state index contributed by atoms with van der Waals surface area (Å²) in [4.78, 5) is 12.3. The molecule has 2 aromatic carbocycles. The number of hydrogen-bond acceptors (Lipinski definition) is 3. The summed E-state index contributed by atoms with van der Waals surface area (Å²) in [6, 6.07) is 14.8. The fraction of sp³-hybridized carbons (Fsp3) is 0.435. The van der Waals surface area contributed by atoms with Crippen LogP contribution in [0.3, 0.4) is 0 Å². The maximum absolute atomic E-state index is 12.3. The van der Waals surface area contributed by atoms with Gasteiger partial charge in [-0.1, -0.05) is 30.3 Å². The Morgan fingerprint density at radius 1 is 1.04 bits per heavy atom. The summed E-state index contributed by atoms with van der Waals surface area (Å²) in [5.41, 5.74) is 4.77. The van der Waals surface area contributed by atoms with Crippen LogP contribution in [-0.2, 0) is 17.8 Å². The van der Waals surface area contributed by atoms with Crippen molar-refractivity contribution in [3.05, 3.63) is 53.6 Å². The SMILES string of the molecule is O=C(NCc1ccc(-c2ccc3c(c2)CCCO3)cc1)C1CCC(O)CC1. The van der Waals surface area contributed by atoms with Crippen LogP contribution in [0.2, 0.25) is 0 Å². The van der Waals surface area contributed by atoms with Crippen LogP contribution in [0.4, 0.5) is 0 Å². The lowest BCUT2D eigenvalue weighted by Gasteiger charge is -2.24. The molecule has 27 heavy (non-hydrogen) atoms. The average Bonchev–Trinajstić information content (AvgIpc) is 2.72. The third-order valence-corrected chi connectivity index (χ3v) is 5.73. The third kappa shape index (κ3) is 4.33. The van der Waals surface area contributed by atoms with Gasteiger partial charge in [0.15, 0.2) is 0 Å². The smallest absolute Gasteiger partial charge is 0.223 e. The summed E-state index contributed by atoms with van der Waals surface area (Å²) >= 11 is 0. The number of hydrogen-bond donors (Lipinski definition) is 2. The van der Waals surface area contributed by atoms with Crippen LogP contribution in [-0.4, -0.2) is 23.7 Å². The first-order chi connectivity index (χ1) is 13.2. The Morgan fingerprint density at radius 3 is 2.56 bits per heavy atom. The van der Waals surface area contributed by atoms with Crippen LogP contribution in [0.25, 0.3) is 11.1 Å². The largest absolute Gasteiger partial charge is 0.493 e. The molecule has 0 atom stereocenters. The highest BCUT2D eigenvalue weighted by molar-refractivity contribution is 5.78. The highest BCUT2D eigenvalue weighted by atomic mass is 16.5. The lowest BCUT2D eigenvalue weighted by Crippen LogP contribution is -2.33. The summed E-state index contributed by atoms with van der Waals surface area (Å²) < 4.78 is 5.69. The Hall–Kier alpha value is -2.33. The Balaban J connectivity index is 1.36. The molecule has 142 valence electrons. The van der Waals surface area contributed by atoms with Crippen molar-refractivity contribution < 1.29 is 14.6 Å². The van der Waals surface area contributed by atoms with E-state index in [-0.39, 0.29) is 17.9 Å². The Kier molecular flexibility index (Phi) is 5.44. The number of aliphatic hydroxyl groups is 1. The fourth-order valence-corrected chi connectivity index (χ4v) is 4.03. The molecule has 0 radical (unpaired) electrons. The second-order valence-corrected chi connectivity index (χ2v) is 7.69. The second-order valence-electron chi connectivity index (χ2n) is 7.69. The molecule has 1 amide bonds. The molecule has 1 heterocycles. The Labute approximate surface area is 160 Å². The molecule has 1 aliphatic heterocycles. The molecule has 2 N–H and O–H groups in total. The lowest BCUT2D eigenvalue weighted by atomic mass is 9.87. The monoisotopic (exact) mass is 365 g/mol. The molecular formula is C23H27NO3. The first kappa shape index (κ1) is 18.1. The molecule has 2 aliphatic rings. The quantitative estimate of drug-likeness (QED) is 0.865. The Bertz CT molecular complexity index is 792. The van der Waals surface area contributed by atoms with Gasteiger partial charge < -0.3 is 15.2 Å². The Morgan fingerprint density at radius 2 is 1.78 bits per heavy atom. The molecule has 1 aliphatic carbocycles. The van der Waals surface area contributed by atoms with Gasteiger partial charge in [0.1, 0.15) is 5.75 Å². The molecule has 2 aromatic rings. The number of carbonyl (C=O) groups is 1. The van der Waals surface area contributed by atoms with Crippen molar-refractivity contribution in [3.63, 3.8) is 0 Å². The van der Waals surface area contributed by atoms with E-state index in [0.717, 1.165) is 56.4 Å². The number of rotatable bonds is 4. The zero-order valence-corrected chi connectivity index (χ0v) is 15.6. The van der Waals surface area contributed by atoms with Crippen molar-refractivity contribution >= 4 is 5.91 Å². The van der Waals surface area contributed by atoms with Crippen LogP contribution in [0.1, 0.15) is 43.2 Å². The fourth-order valence-electron chi connectivity index (χ4n) is 4.03. The number of nitrogens with one attached hydrogen (secondary N) is 1. The van der Waals surface area contributed by atoms with E-state index >= 15 is 0 Å². The van der Waals surface area contributed by atoms with Crippen molar-refractivity contribution in [2.24, 2.45) is 5.92 Å². The van der Waals surface area contributed by atoms with Gasteiger partial charge in [0.05, 0.1) is 12.7 Å². The molecule has 4 rings (SSSR count). The van der Waals surface area contributed by atoms with Crippen molar-refractivity contribution in [2.75, 3.05) is 6.61 Å². The predicted molar refractivity (Wildman–Crippen MR) is 106 cm³/mol. The van der Waals surface area contributed by atoms with Crippen LogP contribution in [0, 0.1) is 5.92 Å². The van der Waals surface area contributed by atoms with Crippen LogP contribution in [0.15, 0.2) is 42.5 Å². The van der Waals surface area contributed by atoms with Gasteiger partial charge >= 0.3 is 0 Å². The second kappa shape index (κ2) is 8.13. The minimum Gasteiger partial charge on any atom is -0.493 e. The third-order valence-electron chi connectivity index (χ3n) is 5.73. The average molecular weight is 365 g/mol. The predicted octanol–water partition coefficient (Wildman–Crippen LogP) is 3.85. The lowest BCUT2D eigenvalue weighted by molar-refractivity contribution is -0.126. The molecule has 0 spiro atoms. The maximum atomic E-state index is 12.3. The number of ether oxygens (including phenoxy) is 1. The van der Waals surface area contributed by atoms with Crippen LogP contribution >= 0.6 is 0 Å². The first-order valence-corrected chi connectivity index (χ1v) is 10.00. The van der Waals surface area contributed by atoms with Gasteiger partial charge in [0, 0.05) is 12.5 Å². The molecule has 4 heteroatoms. The topological polar surface area (TPSA) is 58.6 Å². The van der Waals surface area contributed by atoms with Gasteiger partial charge in [-0.25, -0.2) is 0 Å². The number of benzene rings is 2. The van der Waals surface area contributed by atoms with Gasteiger partial charge in [-0.15, -0.1) is 0 Å². The van der Waals surface area contributed by atoms with Gasteiger partial charge in [0.25, 0.3) is 0 Å². The van der Waals surface area contributed by atoms with Gasteiger partial charge in [-0.2, -0.15) is 0 Å². The van der Waals surface area contributed by atoms with Gasteiger partial charge in [-0.05, 0) is 72.9 Å². The van der Waals surface area contributed by atoms with E-state index in [4.69, 9.17) is 4.74 Å². The van der Waals surface area contributed by atoms with Gasteiger partial charge in [-0.3, -0.25) is 4.79 Å². The molecule has 0 saturated heterocycles. The zero-order valence-electron chi connectivity index (χ0n) is 15.6. The molecule has 1 saturated carbocycles. The van der Waals surface area contributed by atoms with Crippen molar-refractivity contribution in [1.82, 2.24) is 5.32 Å². The minimum absolute atomic E-state index is 0.0467. The number of fused-ring (bicyclic) bond motifs is 1. The summed E-state index contributed by atoms with van der Waals surface area (Å²) in [6.07, 6.45) is 4.97. The standard InChI is InChI=1S/C23H27NO3/c25-21-10-7-18(8-11-21)23(26)24-15-16-3-5-17(6-4-16)19-9-12-22-20(14-19)2-1-13-27-22/h3-6,9,12,14,18,21,25H,1-2,7-8,10-11,13,15H2,(H,24,26). The molecule has 1 fully saturated rings. The molecule has 0 bridgehead atoms. The normalized spacial score (nSPS) is 21.8. The van der Waals surface area contributed by atoms with Gasteiger partial charge in [0.2, 0.25) is 5.91 Å². The van der Waals surface area contributed by atoms with E-state index < -0.39 is 0 Å². The molecule has 4 nitrogen and oxygen atoms in total. The molecule has 0 aromatic heterocycles. The molecular weight excluding hydrogens is 338 g/mol. The van der Waals surface area contributed by atoms with E-state index in [1.54, 1.807) is 0 Å². The van der Waals surface area contributed by atoms with Crippen molar-refractivity contribution in [1.29, 1.82) is 0 Å². The van der Waals surface area contributed by atoms with E-state index in [2.05, 4.69) is 47.8 Å². The van der Waals surface area contributed by atoms with E-state index in [0.29, 0.717) is 6.54 Å². The number of amides is 1. The van der Waals surface area contributed by atoms with Crippen LogP contribution in [0.5, 0.6) is 5.75 Å². The first-order valence-electron chi connectivity index (χ1n) is 10.00. The number of carbonyl (C=O) groups excluding carboxylic acids is 1. The van der Waals surface area contributed by atoms with E-state index in [1.807, 2.05) is 0 Å². The zero-order chi connectivity index (χ0) is 18.6. The number of aryl methyl sites for hydroxylation is 1. The van der Waals surface area contributed by atoms with Crippen LogP contribution < -0.4 is 10.1 Å². The highest BCUT2D eigenvalue weighted by Gasteiger charge is 2.24. The summed E-state index contributed by atoms with van der Waals surface area (Å²) in [6.45, 7) is 1.37. The van der Waals surface area contributed by atoms with Crippen molar-refractivity contribution in [3.8, 4) is 16.9 Å². The minimum atomic E-state index is -0.225. The summed E-state index contributed by atoms with van der Waals surface area (Å²) in [7, 11) is 0. The summed E-state index contributed by atoms with van der Waals surface area (Å²) in [5, 5.41) is 12.6. The summed E-state index contributed by atoms with van der Waals surface area (Å²) in [5.74, 6) is 1.17. The number of aliphatic hydroxyl groups excluding tert-OH is 1. The highest BCUT2D eigenvalue weighted by Crippen LogP contribution is 2.30. The van der Waals surface area contributed by atoms with Crippen molar-refractivity contribution in [2.45, 2.75) is 51.2 Å².